The van der Waals surface area contributed by atoms with Gasteiger partial charge in [0.25, 0.3) is 5.91 Å². The Balaban J connectivity index is 1.51. The van der Waals surface area contributed by atoms with E-state index in [2.05, 4.69) is 46.2 Å². The molecule has 0 spiro atoms. The van der Waals surface area contributed by atoms with Gasteiger partial charge in [-0.25, -0.2) is 0 Å². The Morgan fingerprint density at radius 3 is 2.68 bits per heavy atom. The molecule has 0 saturated carbocycles. The van der Waals surface area contributed by atoms with Crippen LogP contribution >= 0.6 is 11.3 Å². The number of nitrogens with zero attached hydrogens (tertiary/aromatic N) is 1. The average Bonchev–Trinajstić information content (AvgIpc) is 3.17. The molecule has 0 saturated heterocycles. The lowest BCUT2D eigenvalue weighted by Gasteiger charge is -2.28. The number of hydrogen-bond donors (Lipinski definition) is 1. The Bertz CT molecular complexity index is 885. The third-order valence-electron chi connectivity index (χ3n) is 4.70. The Morgan fingerprint density at radius 1 is 1.08 bits per heavy atom. The van der Waals surface area contributed by atoms with Gasteiger partial charge >= 0.3 is 0 Å². The molecule has 126 valence electrons. The summed E-state index contributed by atoms with van der Waals surface area (Å²) in [5.41, 5.74) is 6.41. The van der Waals surface area contributed by atoms with Crippen molar-refractivity contribution in [3.05, 3.63) is 70.4 Å². The summed E-state index contributed by atoms with van der Waals surface area (Å²) < 4.78 is 0. The minimum absolute atomic E-state index is 0.0738. The average molecular weight is 348 g/mol. The second-order valence-corrected chi connectivity index (χ2v) is 7.19. The predicted molar refractivity (Wildman–Crippen MR) is 106 cm³/mol. The fourth-order valence-electron chi connectivity index (χ4n) is 3.28. The third kappa shape index (κ3) is 3.30. The van der Waals surface area contributed by atoms with Gasteiger partial charge < -0.3 is 10.2 Å². The van der Waals surface area contributed by atoms with Gasteiger partial charge in [0.15, 0.2) is 0 Å². The van der Waals surface area contributed by atoms with Crippen LogP contribution in [0.15, 0.2) is 59.3 Å². The smallest absolute Gasteiger partial charge is 0.255 e. The van der Waals surface area contributed by atoms with Gasteiger partial charge in [-0.3, -0.25) is 4.79 Å². The molecule has 4 heteroatoms. The summed E-state index contributed by atoms with van der Waals surface area (Å²) in [7, 11) is 2.10. The number of hydrogen-bond acceptors (Lipinski definition) is 3. The molecular formula is C21H20N2OS. The van der Waals surface area contributed by atoms with Gasteiger partial charge in [0.1, 0.15) is 0 Å². The second kappa shape index (κ2) is 6.73. The van der Waals surface area contributed by atoms with Crippen LogP contribution in [-0.2, 0) is 6.42 Å². The minimum atomic E-state index is -0.0738. The first-order chi connectivity index (χ1) is 12.2. The highest BCUT2D eigenvalue weighted by molar-refractivity contribution is 7.08. The predicted octanol–water partition coefficient (Wildman–Crippen LogP) is 5.05. The van der Waals surface area contributed by atoms with Gasteiger partial charge in [-0.05, 0) is 70.6 Å². The van der Waals surface area contributed by atoms with E-state index in [1.54, 1.807) is 11.3 Å². The number of aryl methyl sites for hydroxylation is 1. The van der Waals surface area contributed by atoms with Crippen LogP contribution in [-0.4, -0.2) is 19.5 Å². The normalized spacial score (nSPS) is 13.4. The topological polar surface area (TPSA) is 32.3 Å². The van der Waals surface area contributed by atoms with Gasteiger partial charge in [-0.2, -0.15) is 11.3 Å². The highest BCUT2D eigenvalue weighted by atomic mass is 32.1. The highest BCUT2D eigenvalue weighted by Crippen LogP contribution is 2.29. The molecule has 0 radical (unpaired) electrons. The van der Waals surface area contributed by atoms with E-state index in [0.717, 1.165) is 24.2 Å². The van der Waals surface area contributed by atoms with Crippen LogP contribution in [0.3, 0.4) is 0 Å². The molecule has 1 N–H and O–H groups in total. The quantitative estimate of drug-likeness (QED) is 0.718. The van der Waals surface area contributed by atoms with Gasteiger partial charge in [0, 0.05) is 30.5 Å². The van der Waals surface area contributed by atoms with Crippen molar-refractivity contribution in [2.75, 3.05) is 23.8 Å². The van der Waals surface area contributed by atoms with Crippen molar-refractivity contribution in [3.63, 3.8) is 0 Å². The first-order valence-electron chi connectivity index (χ1n) is 8.49. The van der Waals surface area contributed by atoms with Crippen molar-refractivity contribution in [1.82, 2.24) is 0 Å². The van der Waals surface area contributed by atoms with E-state index in [-0.39, 0.29) is 5.91 Å². The third-order valence-corrected chi connectivity index (χ3v) is 5.38. The number of rotatable bonds is 3. The minimum Gasteiger partial charge on any atom is -0.374 e. The SMILES string of the molecule is CN1CCCc2ccc(NC(=O)c3ccc(-c4ccsc4)cc3)cc21. The number of carbonyl (C=O) groups excluding carboxylic acids is 1. The van der Waals surface area contributed by atoms with Crippen LogP contribution in [0, 0.1) is 0 Å². The maximum atomic E-state index is 12.5. The van der Waals surface area contributed by atoms with E-state index in [9.17, 15) is 4.79 Å². The van der Waals surface area contributed by atoms with Gasteiger partial charge in [-0.15, -0.1) is 0 Å². The molecule has 25 heavy (non-hydrogen) atoms. The molecule has 0 aliphatic carbocycles. The van der Waals surface area contributed by atoms with E-state index >= 15 is 0 Å². The van der Waals surface area contributed by atoms with E-state index in [1.165, 1.54) is 23.2 Å². The fraction of sp³-hybridized carbons (Fsp3) is 0.190. The van der Waals surface area contributed by atoms with Crippen LogP contribution < -0.4 is 10.2 Å². The van der Waals surface area contributed by atoms with Crippen molar-refractivity contribution in [3.8, 4) is 11.1 Å². The zero-order chi connectivity index (χ0) is 17.2. The second-order valence-electron chi connectivity index (χ2n) is 6.41. The van der Waals surface area contributed by atoms with Crippen molar-refractivity contribution in [2.45, 2.75) is 12.8 Å². The molecular weight excluding hydrogens is 328 g/mol. The first-order valence-corrected chi connectivity index (χ1v) is 9.43. The Morgan fingerprint density at radius 2 is 1.92 bits per heavy atom. The van der Waals surface area contributed by atoms with Gasteiger partial charge in [0.2, 0.25) is 0 Å². The highest BCUT2D eigenvalue weighted by Gasteiger charge is 2.15. The van der Waals surface area contributed by atoms with Crippen molar-refractivity contribution in [1.29, 1.82) is 0 Å². The van der Waals surface area contributed by atoms with Gasteiger partial charge in [-0.1, -0.05) is 18.2 Å². The molecule has 1 aromatic heterocycles. The molecule has 1 aliphatic heterocycles. The molecule has 1 aliphatic rings. The Kier molecular flexibility index (Phi) is 4.28. The maximum absolute atomic E-state index is 12.5. The summed E-state index contributed by atoms with van der Waals surface area (Å²) in [6.45, 7) is 1.06. The number of benzene rings is 2. The standard InChI is InChI=1S/C21H20N2OS/c1-23-11-2-3-16-8-9-19(13-20(16)23)22-21(24)17-6-4-15(5-7-17)18-10-12-25-14-18/h4-10,12-14H,2-3,11H2,1H3,(H,22,24). The van der Waals surface area contributed by atoms with E-state index in [1.807, 2.05) is 30.3 Å². The zero-order valence-corrected chi connectivity index (χ0v) is 15.0. The van der Waals surface area contributed by atoms with Crippen LogP contribution in [0.2, 0.25) is 0 Å². The lowest BCUT2D eigenvalue weighted by Crippen LogP contribution is -2.24. The summed E-state index contributed by atoms with van der Waals surface area (Å²) in [4.78, 5) is 14.8. The van der Waals surface area contributed by atoms with Crippen LogP contribution in [0.4, 0.5) is 11.4 Å². The summed E-state index contributed by atoms with van der Waals surface area (Å²) >= 11 is 1.67. The van der Waals surface area contributed by atoms with Crippen molar-refractivity contribution in [2.24, 2.45) is 0 Å². The molecule has 1 amide bonds. The first kappa shape index (κ1) is 15.9. The van der Waals surface area contributed by atoms with Gasteiger partial charge in [0.05, 0.1) is 0 Å². The Hall–Kier alpha value is -2.59. The number of nitrogens with one attached hydrogen (secondary N) is 1. The van der Waals surface area contributed by atoms with Crippen LogP contribution in [0.1, 0.15) is 22.3 Å². The molecule has 3 aromatic rings. The number of carbonyl (C=O) groups is 1. The van der Waals surface area contributed by atoms with Crippen molar-refractivity contribution >= 4 is 28.6 Å². The van der Waals surface area contributed by atoms with Crippen molar-refractivity contribution < 1.29 is 4.79 Å². The number of thiophene rings is 1. The molecule has 2 heterocycles. The van der Waals surface area contributed by atoms with Crippen LogP contribution in [0.5, 0.6) is 0 Å². The number of fused-ring (bicyclic) bond motifs is 1. The fourth-order valence-corrected chi connectivity index (χ4v) is 3.95. The molecule has 0 fully saturated rings. The molecule has 2 aromatic carbocycles. The number of anilines is 2. The molecule has 0 bridgehead atoms. The van der Waals surface area contributed by atoms with E-state index < -0.39 is 0 Å². The lowest BCUT2D eigenvalue weighted by molar-refractivity contribution is 0.102. The van der Waals surface area contributed by atoms with Crippen LogP contribution in [0.25, 0.3) is 11.1 Å². The largest absolute Gasteiger partial charge is 0.374 e. The summed E-state index contributed by atoms with van der Waals surface area (Å²) in [6, 6.07) is 16.0. The zero-order valence-electron chi connectivity index (χ0n) is 14.2. The number of amides is 1. The maximum Gasteiger partial charge on any atom is 0.255 e. The molecule has 3 nitrogen and oxygen atoms in total. The lowest BCUT2D eigenvalue weighted by atomic mass is 10.0. The summed E-state index contributed by atoms with van der Waals surface area (Å²) in [5.74, 6) is -0.0738. The molecule has 0 unspecified atom stereocenters. The monoisotopic (exact) mass is 348 g/mol. The summed E-state index contributed by atoms with van der Waals surface area (Å²) in [5, 5.41) is 7.19. The molecule has 4 rings (SSSR count). The molecule has 0 atom stereocenters. The van der Waals surface area contributed by atoms with E-state index in [0.29, 0.717) is 5.56 Å². The summed E-state index contributed by atoms with van der Waals surface area (Å²) in [6.07, 6.45) is 2.30. The van der Waals surface area contributed by atoms with E-state index in [4.69, 9.17) is 0 Å². The Labute approximate surface area is 151 Å².